The van der Waals surface area contributed by atoms with Crippen molar-refractivity contribution in [3.05, 3.63) is 24.8 Å². The van der Waals surface area contributed by atoms with Crippen molar-refractivity contribution in [3.63, 3.8) is 0 Å². The summed E-state index contributed by atoms with van der Waals surface area (Å²) in [5, 5.41) is 0. The number of hydrogen-bond acceptors (Lipinski definition) is 6. The largest absolute Gasteiger partial charge is 0.759 e. The van der Waals surface area contributed by atoms with Gasteiger partial charge in [0.1, 0.15) is 12.4 Å². The first-order valence-electron chi connectivity index (χ1n) is 8.62. The Morgan fingerprint density at radius 1 is 0.800 bits per heavy atom. The predicted molar refractivity (Wildman–Crippen MR) is 96.7 cm³/mol. The molecule has 2 aliphatic rings. The maximum atomic E-state index is 8.52. The monoisotopic (exact) mass is 378 g/mol. The van der Waals surface area contributed by atoms with E-state index in [0.29, 0.717) is 0 Å². The molecule has 0 radical (unpaired) electrons. The highest BCUT2D eigenvalue weighted by molar-refractivity contribution is 7.79. The van der Waals surface area contributed by atoms with Gasteiger partial charge in [0.25, 0.3) is 0 Å². The maximum Gasteiger partial charge on any atom is 0.158 e. The molecule has 0 atom stereocenters. The molecule has 0 bridgehead atoms. The molecule has 0 aromatic heterocycles. The average molecular weight is 379 g/mol. The molecular weight excluding hydrogens is 344 g/mol. The van der Waals surface area contributed by atoms with Gasteiger partial charge in [0.15, 0.2) is 13.3 Å². The molecule has 2 rings (SSSR count). The van der Waals surface area contributed by atoms with Crippen LogP contribution in [0.1, 0.15) is 27.7 Å². The van der Waals surface area contributed by atoms with Crippen LogP contribution in [0.25, 0.3) is 0 Å². The normalized spacial score (nSPS) is 20.0. The Morgan fingerprint density at radius 2 is 1.04 bits per heavy atom. The summed E-state index contributed by atoms with van der Waals surface area (Å²) < 4.78 is 36.3. The fourth-order valence-electron chi connectivity index (χ4n) is 2.86. The standard InChI is InChI=1S/2C8H17N2.H2O4S/c2*1-4-10(5-2)7-6-9(3)8-10;1-5(2,3)4/h2*6-7H,4-5,8H2,1-3H3;(H2,1,2,3,4)/q2*+1;/p-2. The molecule has 0 saturated carbocycles. The van der Waals surface area contributed by atoms with Crippen molar-refractivity contribution in [2.45, 2.75) is 27.7 Å². The Labute approximate surface area is 153 Å². The van der Waals surface area contributed by atoms with Crippen molar-refractivity contribution in [1.82, 2.24) is 9.80 Å². The first-order valence-corrected chi connectivity index (χ1v) is 9.95. The summed E-state index contributed by atoms with van der Waals surface area (Å²) in [4.78, 5) is 4.49. The Hall–Kier alpha value is -1.13. The lowest BCUT2D eigenvalue weighted by molar-refractivity contribution is -0.877. The van der Waals surface area contributed by atoms with Crippen LogP contribution in [0.3, 0.4) is 0 Å². The molecule has 0 aliphatic carbocycles. The summed E-state index contributed by atoms with van der Waals surface area (Å²) in [6.45, 7) is 16.1. The summed E-state index contributed by atoms with van der Waals surface area (Å²) in [5.74, 6) is 0. The van der Waals surface area contributed by atoms with Crippen LogP contribution in [0.15, 0.2) is 24.8 Å². The van der Waals surface area contributed by atoms with Crippen molar-refractivity contribution in [2.75, 3.05) is 53.6 Å². The lowest BCUT2D eigenvalue weighted by atomic mass is 10.4. The number of hydrogen-bond donors (Lipinski definition) is 0. The maximum absolute atomic E-state index is 8.52. The summed E-state index contributed by atoms with van der Waals surface area (Å²) in [6, 6.07) is 0. The molecular formula is C16H34N4O4S. The van der Waals surface area contributed by atoms with E-state index < -0.39 is 10.4 Å². The zero-order valence-corrected chi connectivity index (χ0v) is 17.2. The minimum absolute atomic E-state index is 1.12. The molecule has 0 aromatic carbocycles. The fourth-order valence-corrected chi connectivity index (χ4v) is 2.86. The van der Waals surface area contributed by atoms with Gasteiger partial charge in [0.05, 0.1) is 38.6 Å². The van der Waals surface area contributed by atoms with Gasteiger partial charge in [-0.3, -0.25) is 17.4 Å². The first-order chi connectivity index (χ1) is 11.4. The van der Waals surface area contributed by atoms with E-state index in [4.69, 9.17) is 17.5 Å². The molecule has 0 unspecified atom stereocenters. The van der Waals surface area contributed by atoms with E-state index >= 15 is 0 Å². The topological polar surface area (TPSA) is 86.7 Å². The Morgan fingerprint density at radius 3 is 1.12 bits per heavy atom. The molecule has 8 nitrogen and oxygen atoms in total. The van der Waals surface area contributed by atoms with E-state index in [1.54, 1.807) is 0 Å². The average Bonchev–Trinajstić information content (AvgIpc) is 3.10. The van der Waals surface area contributed by atoms with Crippen LogP contribution in [-0.4, -0.2) is 89.9 Å². The zero-order valence-electron chi connectivity index (χ0n) is 16.4. The molecule has 0 spiro atoms. The van der Waals surface area contributed by atoms with Crippen LogP contribution in [0.5, 0.6) is 0 Å². The summed E-state index contributed by atoms with van der Waals surface area (Å²) in [7, 11) is -0.913. The highest BCUT2D eigenvalue weighted by Gasteiger charge is 2.26. The van der Waals surface area contributed by atoms with Gasteiger partial charge < -0.3 is 18.9 Å². The van der Waals surface area contributed by atoms with Gasteiger partial charge in [-0.05, 0) is 27.7 Å². The lowest BCUT2D eigenvalue weighted by Crippen LogP contribution is -2.43. The Kier molecular flexibility index (Phi) is 9.67. The van der Waals surface area contributed by atoms with E-state index in [0.717, 1.165) is 22.3 Å². The first kappa shape index (κ1) is 23.9. The van der Waals surface area contributed by atoms with Crippen LogP contribution in [-0.2, 0) is 10.4 Å². The van der Waals surface area contributed by atoms with Gasteiger partial charge in [-0.25, -0.2) is 0 Å². The number of quaternary nitrogens is 2. The lowest BCUT2D eigenvalue weighted by Gasteiger charge is -2.29. The van der Waals surface area contributed by atoms with Crippen LogP contribution < -0.4 is 0 Å². The highest BCUT2D eigenvalue weighted by atomic mass is 32.3. The minimum atomic E-state index is -5.17. The van der Waals surface area contributed by atoms with E-state index in [2.05, 4.69) is 76.4 Å². The molecule has 25 heavy (non-hydrogen) atoms. The predicted octanol–water partition coefficient (Wildman–Crippen LogP) is 1.10. The van der Waals surface area contributed by atoms with Gasteiger partial charge in [0.2, 0.25) is 0 Å². The molecule has 0 saturated heterocycles. The van der Waals surface area contributed by atoms with Crippen LogP contribution in [0.4, 0.5) is 0 Å². The third kappa shape index (κ3) is 9.22. The van der Waals surface area contributed by atoms with Gasteiger partial charge in [-0.2, -0.15) is 0 Å². The van der Waals surface area contributed by atoms with Gasteiger partial charge >= 0.3 is 0 Å². The zero-order chi connectivity index (χ0) is 19.7. The number of rotatable bonds is 4. The van der Waals surface area contributed by atoms with Gasteiger partial charge in [-0.1, -0.05) is 0 Å². The minimum Gasteiger partial charge on any atom is -0.759 e. The van der Waals surface area contributed by atoms with Crippen LogP contribution in [0.2, 0.25) is 0 Å². The van der Waals surface area contributed by atoms with Crippen LogP contribution in [0, 0.1) is 0 Å². The third-order valence-electron chi connectivity index (χ3n) is 4.80. The second-order valence-electron chi connectivity index (χ2n) is 6.50. The summed E-state index contributed by atoms with van der Waals surface area (Å²) in [6.07, 6.45) is 8.93. The summed E-state index contributed by atoms with van der Waals surface area (Å²) in [5.41, 5.74) is 0. The third-order valence-corrected chi connectivity index (χ3v) is 4.80. The van der Waals surface area contributed by atoms with Crippen molar-refractivity contribution >= 4 is 10.4 Å². The summed E-state index contributed by atoms with van der Waals surface area (Å²) >= 11 is 0. The van der Waals surface area contributed by atoms with Gasteiger partial charge in [-0.15, -0.1) is 0 Å². The Balaban J connectivity index is 0.000000368. The fraction of sp³-hybridized carbons (Fsp3) is 0.750. The second kappa shape index (κ2) is 10.1. The van der Waals surface area contributed by atoms with E-state index in [1.807, 2.05) is 0 Å². The smallest absolute Gasteiger partial charge is 0.158 e. The van der Waals surface area contributed by atoms with E-state index in [-0.39, 0.29) is 0 Å². The molecule has 0 N–H and O–H groups in total. The van der Waals surface area contributed by atoms with E-state index in [9.17, 15) is 0 Å². The van der Waals surface area contributed by atoms with Crippen molar-refractivity contribution in [1.29, 1.82) is 0 Å². The molecule has 148 valence electrons. The van der Waals surface area contributed by atoms with Crippen LogP contribution >= 0.6 is 0 Å². The molecule has 0 aromatic rings. The van der Waals surface area contributed by atoms with Gasteiger partial charge in [0, 0.05) is 24.5 Å². The van der Waals surface area contributed by atoms with E-state index in [1.165, 1.54) is 26.2 Å². The Bertz CT molecular complexity index is 498. The quantitative estimate of drug-likeness (QED) is 0.414. The molecule has 2 aliphatic heterocycles. The number of nitrogens with zero attached hydrogens (tertiary/aromatic N) is 4. The highest BCUT2D eigenvalue weighted by Crippen LogP contribution is 2.15. The van der Waals surface area contributed by atoms with Crippen molar-refractivity contribution in [2.24, 2.45) is 0 Å². The molecule has 0 amide bonds. The SMILES string of the molecule is CC[N+]1(CC)C=CN(C)C1.CC[N+]1(CC)C=CN(C)C1.O=S(=O)([O-])[O-]. The molecule has 9 heteroatoms. The van der Waals surface area contributed by atoms with Crippen molar-refractivity contribution in [3.8, 4) is 0 Å². The molecule has 0 fully saturated rings. The molecule has 2 heterocycles. The van der Waals surface area contributed by atoms with Crippen molar-refractivity contribution < 1.29 is 26.5 Å². The second-order valence-corrected chi connectivity index (χ2v) is 7.32.